The van der Waals surface area contributed by atoms with Crippen molar-refractivity contribution >= 4 is 0 Å². The fraction of sp³-hybridized carbons (Fsp3) is 1.00. The highest BCUT2D eigenvalue weighted by atomic mass is 16.8. The zero-order valence-corrected chi connectivity index (χ0v) is 48.7. The van der Waals surface area contributed by atoms with E-state index < -0.39 is 198 Å². The van der Waals surface area contributed by atoms with E-state index in [0.29, 0.717) is 43.1 Å². The van der Waals surface area contributed by atoms with Crippen LogP contribution in [0.3, 0.4) is 0 Å². The molecule has 0 radical (unpaired) electrons. The molecule has 1 spiro atoms. The Labute approximate surface area is 492 Å². The summed E-state index contributed by atoms with van der Waals surface area (Å²) < 4.78 is 73.5. The summed E-state index contributed by atoms with van der Waals surface area (Å²) in [7, 11) is 0. The van der Waals surface area contributed by atoms with E-state index >= 15 is 0 Å². The summed E-state index contributed by atoms with van der Waals surface area (Å²) in [5.41, 5.74) is -0.251. The van der Waals surface area contributed by atoms with Crippen molar-refractivity contribution < 1.29 is 139 Å². The Kier molecular flexibility index (Phi) is 19.5. The van der Waals surface area contributed by atoms with Crippen LogP contribution in [0, 0.1) is 52.3 Å². The standard InChI is InChI=1S/C57H94O28/c1-20-8-11-57(74-19-20)21(2)34-29(85-57)13-26-24-7-6-23-12-28(27(62)14-56(23,5)25(24)9-10-55(26,34)4)76-54-49(84-53-45(73)48(37(65)31(16-59)78-53)83-51-42(70)39(67)36(64)30(15-58)77-51)44(72)47(33(18-61)80-54)82-52-43(71)40(68)46(32(17-60)79-52)81-50-41(69)38(66)35(63)22(3)75-50/h20-54,58-73H,6-19H2,1-5H3/t20-,21+,22+,23+,24-,25+,26+,27-,28-,29+,30-,31-,32-,33-,34?,35+,36-,37-,38-,39+,40-,41-,42-,43-,44+,45-,46-,47+,48-,49-,50+,51+,52+,53+,54-,55+,56+,57-/m1/s1. The minimum atomic E-state index is -2.12. The van der Waals surface area contributed by atoms with E-state index in [0.717, 1.165) is 44.9 Å². The molecule has 1 unspecified atom stereocenters. The molecule has 0 aromatic heterocycles. The highest BCUT2D eigenvalue weighted by Crippen LogP contribution is 2.71. The summed E-state index contributed by atoms with van der Waals surface area (Å²) >= 11 is 0. The van der Waals surface area contributed by atoms with Crippen molar-refractivity contribution in [2.24, 2.45) is 52.3 Å². The maximum atomic E-state index is 12.6. The summed E-state index contributed by atoms with van der Waals surface area (Å²) in [4.78, 5) is 0. The zero-order valence-electron chi connectivity index (χ0n) is 48.7. The van der Waals surface area contributed by atoms with Crippen LogP contribution >= 0.6 is 0 Å². The molecular weight excluding hydrogens is 1130 g/mol. The van der Waals surface area contributed by atoms with Gasteiger partial charge in [-0.3, -0.25) is 0 Å². The van der Waals surface area contributed by atoms with Crippen LogP contribution in [0.15, 0.2) is 0 Å². The van der Waals surface area contributed by atoms with Crippen molar-refractivity contribution in [2.45, 2.75) is 270 Å². The average Bonchev–Trinajstić information content (AvgIpc) is 1.63. The summed E-state index contributed by atoms with van der Waals surface area (Å²) in [6, 6.07) is 0. The lowest BCUT2D eigenvalue weighted by molar-refractivity contribution is -0.404. The molecule has 7 heterocycles. The average molecular weight is 1230 g/mol. The van der Waals surface area contributed by atoms with Gasteiger partial charge >= 0.3 is 0 Å². The highest BCUT2D eigenvalue weighted by Gasteiger charge is 2.70. The van der Waals surface area contributed by atoms with E-state index in [1.165, 1.54) is 6.92 Å². The first kappa shape index (κ1) is 65.4. The van der Waals surface area contributed by atoms with Gasteiger partial charge in [-0.1, -0.05) is 27.7 Å². The first-order valence-corrected chi connectivity index (χ1v) is 30.8. The molecule has 85 heavy (non-hydrogen) atoms. The molecule has 11 fully saturated rings. The predicted molar refractivity (Wildman–Crippen MR) is 281 cm³/mol. The minimum Gasteiger partial charge on any atom is -0.394 e. The van der Waals surface area contributed by atoms with Gasteiger partial charge in [-0.05, 0) is 105 Å². The SMILES string of the molecule is C[C@@H]1CC[C@@]2(OC1)O[C@H]1C[C@H]3[C@@H]4CC[C@H]5C[C@@H](O[C@@H]6O[C@H](CO)[C@H](O[C@@H]7O[C@H](CO)[C@@H](O[C@@H]8O[C@@H](C)[C@H](O)[C@@H](O)[C@H]8O)[C@H](O)[C@H]7O)[C@H](O)[C@H]6O[C@@H]6O[C@H](CO)[C@@H](O)[C@@H](O[C@@H]7O[C@H](CO)[C@@H](O)[C@H](O)[C@H]7O)[C@H]6O)[C@H](O)C[C@]5(C)[C@H]4CC[C@]3(C)C1[C@@H]2C. The van der Waals surface area contributed by atoms with E-state index in [9.17, 15) is 81.7 Å². The van der Waals surface area contributed by atoms with Crippen molar-refractivity contribution in [3.8, 4) is 0 Å². The number of aliphatic hydroxyl groups is 16. The van der Waals surface area contributed by atoms with Gasteiger partial charge in [0.1, 0.15) is 116 Å². The van der Waals surface area contributed by atoms with Crippen LogP contribution in [-0.2, 0) is 56.8 Å². The molecule has 0 amide bonds. The van der Waals surface area contributed by atoms with Gasteiger partial charge < -0.3 is 139 Å². The first-order chi connectivity index (χ1) is 40.3. The van der Waals surface area contributed by atoms with Crippen LogP contribution in [0.4, 0.5) is 0 Å². The van der Waals surface area contributed by atoms with Crippen LogP contribution in [0.5, 0.6) is 0 Å². The summed E-state index contributed by atoms with van der Waals surface area (Å²) in [5, 5.41) is 176. The number of aliphatic hydroxyl groups excluding tert-OH is 16. The van der Waals surface area contributed by atoms with E-state index in [1.54, 1.807) is 0 Å². The Morgan fingerprint density at radius 1 is 0.447 bits per heavy atom. The first-order valence-electron chi connectivity index (χ1n) is 30.8. The third-order valence-corrected chi connectivity index (χ3v) is 22.5. The smallest absolute Gasteiger partial charge is 0.187 e. The third-order valence-electron chi connectivity index (χ3n) is 22.5. The van der Waals surface area contributed by atoms with E-state index in [2.05, 4.69) is 27.7 Å². The van der Waals surface area contributed by atoms with Crippen LogP contribution in [0.1, 0.15) is 92.4 Å². The van der Waals surface area contributed by atoms with Crippen LogP contribution in [0.2, 0.25) is 0 Å². The van der Waals surface area contributed by atoms with E-state index in [1.807, 2.05) is 0 Å². The molecule has 11 aliphatic rings. The van der Waals surface area contributed by atoms with Crippen molar-refractivity contribution in [2.75, 3.05) is 33.0 Å². The second-order valence-electron chi connectivity index (χ2n) is 27.3. The molecule has 4 saturated carbocycles. The Morgan fingerprint density at radius 3 is 1.61 bits per heavy atom. The van der Waals surface area contributed by atoms with Gasteiger partial charge in [-0.25, -0.2) is 0 Å². The number of ether oxygens (including phenoxy) is 12. The molecule has 16 N–H and O–H groups in total. The third kappa shape index (κ3) is 11.4. The molecule has 7 saturated heterocycles. The zero-order chi connectivity index (χ0) is 61.1. The predicted octanol–water partition coefficient (Wildman–Crippen LogP) is -5.09. The lowest BCUT2D eigenvalue weighted by Gasteiger charge is -2.62. The van der Waals surface area contributed by atoms with Gasteiger partial charge in [0, 0.05) is 12.3 Å². The molecule has 28 heteroatoms. The lowest BCUT2D eigenvalue weighted by Crippen LogP contribution is -2.68. The number of hydrogen-bond donors (Lipinski definition) is 16. The number of hydrogen-bond acceptors (Lipinski definition) is 28. The van der Waals surface area contributed by atoms with Gasteiger partial charge in [0.25, 0.3) is 0 Å². The van der Waals surface area contributed by atoms with E-state index in [-0.39, 0.29) is 34.7 Å². The maximum absolute atomic E-state index is 12.6. The second-order valence-corrected chi connectivity index (χ2v) is 27.3. The summed E-state index contributed by atoms with van der Waals surface area (Å²) in [6.07, 6.45) is -39.6. The summed E-state index contributed by atoms with van der Waals surface area (Å²) in [6.45, 7) is 7.75. The Balaban J connectivity index is 0.829. The topological polar surface area (TPSA) is 434 Å². The van der Waals surface area contributed by atoms with E-state index in [4.69, 9.17) is 56.8 Å². The van der Waals surface area contributed by atoms with Gasteiger partial charge in [0.05, 0.1) is 57.5 Å². The highest BCUT2D eigenvalue weighted by molar-refractivity contribution is 5.16. The van der Waals surface area contributed by atoms with Crippen molar-refractivity contribution in [3.05, 3.63) is 0 Å². The molecule has 0 aromatic rings. The quantitative estimate of drug-likeness (QED) is 0.0724. The molecule has 11 rings (SSSR count). The molecular formula is C57H94O28. The molecule has 38 atom stereocenters. The minimum absolute atomic E-state index is 0.0494. The van der Waals surface area contributed by atoms with Crippen LogP contribution in [0.25, 0.3) is 0 Å². The Morgan fingerprint density at radius 2 is 0.988 bits per heavy atom. The van der Waals surface area contributed by atoms with Crippen molar-refractivity contribution in [1.29, 1.82) is 0 Å². The van der Waals surface area contributed by atoms with Crippen molar-refractivity contribution in [1.82, 2.24) is 0 Å². The number of rotatable bonds is 14. The number of fused-ring (bicyclic) bond motifs is 7. The molecule has 490 valence electrons. The monoisotopic (exact) mass is 1230 g/mol. The molecule has 0 bridgehead atoms. The second kappa shape index (κ2) is 25.4. The van der Waals surface area contributed by atoms with Crippen molar-refractivity contribution in [3.63, 3.8) is 0 Å². The van der Waals surface area contributed by atoms with Gasteiger partial charge in [0.15, 0.2) is 37.2 Å². The molecule has 0 aromatic carbocycles. The molecule has 28 nitrogen and oxygen atoms in total. The molecule has 7 aliphatic heterocycles. The van der Waals surface area contributed by atoms with Gasteiger partial charge in [-0.15, -0.1) is 0 Å². The fourth-order valence-corrected chi connectivity index (χ4v) is 17.6. The van der Waals surface area contributed by atoms with Crippen LogP contribution < -0.4 is 0 Å². The Bertz CT molecular complexity index is 2220. The Hall–Kier alpha value is -1.12. The lowest BCUT2D eigenvalue weighted by atomic mass is 9.44. The fourth-order valence-electron chi connectivity index (χ4n) is 17.6. The largest absolute Gasteiger partial charge is 0.394 e. The maximum Gasteiger partial charge on any atom is 0.187 e. The summed E-state index contributed by atoms with van der Waals surface area (Å²) in [5.74, 6) is 1.74. The van der Waals surface area contributed by atoms with Crippen LogP contribution in [-0.4, -0.2) is 292 Å². The van der Waals surface area contributed by atoms with Gasteiger partial charge in [0.2, 0.25) is 0 Å². The normalized spacial score (nSPS) is 58.1. The molecule has 4 aliphatic carbocycles. The van der Waals surface area contributed by atoms with Gasteiger partial charge in [-0.2, -0.15) is 0 Å².